The molecular weight excluding hydrogens is 399 g/mol. The molecule has 1 saturated heterocycles. The van der Waals surface area contributed by atoms with E-state index < -0.39 is 11.7 Å². The van der Waals surface area contributed by atoms with Crippen molar-refractivity contribution in [2.24, 2.45) is 7.05 Å². The van der Waals surface area contributed by atoms with Crippen molar-refractivity contribution in [1.82, 2.24) is 19.9 Å². The van der Waals surface area contributed by atoms with E-state index in [1.165, 1.54) is 29.2 Å². The quantitative estimate of drug-likeness (QED) is 0.682. The highest BCUT2D eigenvalue weighted by atomic mass is 19.4. The predicted octanol–water partition coefficient (Wildman–Crippen LogP) is 2.70. The van der Waals surface area contributed by atoms with Gasteiger partial charge in [0.25, 0.3) is 5.56 Å². The maximum Gasteiger partial charge on any atom is 0.416 e. The molecule has 1 aliphatic heterocycles. The van der Waals surface area contributed by atoms with Crippen molar-refractivity contribution in [3.8, 4) is 11.1 Å². The van der Waals surface area contributed by atoms with E-state index in [0.717, 1.165) is 12.1 Å². The first-order valence-electron chi connectivity index (χ1n) is 9.29. The van der Waals surface area contributed by atoms with Crippen molar-refractivity contribution >= 4 is 22.6 Å². The molecule has 1 fully saturated rings. The fourth-order valence-corrected chi connectivity index (χ4v) is 3.45. The summed E-state index contributed by atoms with van der Waals surface area (Å²) in [5.41, 5.74) is 0.168. The summed E-state index contributed by atoms with van der Waals surface area (Å²) in [6.07, 6.45) is -0.455. The minimum atomic E-state index is -4.43. The maximum atomic E-state index is 12.9. The Morgan fingerprint density at radius 2 is 1.93 bits per heavy atom. The average molecular weight is 417 g/mol. The average Bonchev–Trinajstić information content (AvgIpc) is 3.13. The van der Waals surface area contributed by atoms with Crippen LogP contribution in [-0.2, 0) is 18.0 Å². The van der Waals surface area contributed by atoms with E-state index in [2.05, 4.69) is 20.6 Å². The number of nitrogens with zero attached hydrogens (tertiary/aromatic N) is 3. The van der Waals surface area contributed by atoms with E-state index in [9.17, 15) is 22.8 Å². The number of nitrogens with one attached hydrogen (secondary N) is 2. The highest BCUT2D eigenvalue weighted by Gasteiger charge is 2.30. The molecule has 0 radical (unpaired) electrons. The molecule has 0 spiro atoms. The number of rotatable bonds is 4. The van der Waals surface area contributed by atoms with Gasteiger partial charge in [0.1, 0.15) is 11.2 Å². The van der Waals surface area contributed by atoms with Crippen molar-refractivity contribution < 1.29 is 18.0 Å². The number of aryl methyl sites for hydroxylation is 1. The first kappa shape index (κ1) is 19.9. The summed E-state index contributed by atoms with van der Waals surface area (Å²) < 4.78 is 39.9. The largest absolute Gasteiger partial charge is 0.416 e. The van der Waals surface area contributed by atoms with Crippen LogP contribution in [0.5, 0.6) is 0 Å². The van der Waals surface area contributed by atoms with Gasteiger partial charge in [0, 0.05) is 37.8 Å². The predicted molar refractivity (Wildman–Crippen MR) is 105 cm³/mol. The normalized spacial score (nSPS) is 16.7. The van der Waals surface area contributed by atoms with Crippen molar-refractivity contribution in [1.29, 1.82) is 0 Å². The van der Waals surface area contributed by atoms with Gasteiger partial charge in [0.2, 0.25) is 5.91 Å². The van der Waals surface area contributed by atoms with Gasteiger partial charge in [-0.05, 0) is 24.1 Å². The molecule has 1 unspecified atom stereocenters. The van der Waals surface area contributed by atoms with Crippen molar-refractivity contribution in [2.45, 2.75) is 25.1 Å². The second kappa shape index (κ2) is 7.43. The molecule has 7 nitrogen and oxygen atoms in total. The highest BCUT2D eigenvalue weighted by Crippen LogP contribution is 2.33. The number of carbonyl (C=O) groups excluding carboxylic acids is 1. The lowest BCUT2D eigenvalue weighted by Crippen LogP contribution is -2.32. The van der Waals surface area contributed by atoms with Gasteiger partial charge in [-0.3, -0.25) is 9.59 Å². The lowest BCUT2D eigenvalue weighted by atomic mass is 10.0. The zero-order valence-corrected chi connectivity index (χ0v) is 16.0. The Labute approximate surface area is 169 Å². The van der Waals surface area contributed by atoms with Crippen LogP contribution in [0.1, 0.15) is 18.4 Å². The van der Waals surface area contributed by atoms with Gasteiger partial charge in [0.05, 0.1) is 17.4 Å². The second-order valence-electron chi connectivity index (χ2n) is 7.16. The molecule has 0 bridgehead atoms. The summed E-state index contributed by atoms with van der Waals surface area (Å²) in [6, 6.07) is 4.57. The zero-order chi connectivity index (χ0) is 21.5. The lowest BCUT2D eigenvalue weighted by molar-refractivity contribution is -0.137. The van der Waals surface area contributed by atoms with Crippen LogP contribution in [0, 0.1) is 0 Å². The number of anilines is 1. The molecule has 30 heavy (non-hydrogen) atoms. The zero-order valence-electron chi connectivity index (χ0n) is 16.0. The van der Waals surface area contributed by atoms with E-state index in [1.807, 2.05) is 0 Å². The molecule has 3 heterocycles. The van der Waals surface area contributed by atoms with Crippen molar-refractivity contribution in [3.05, 3.63) is 52.7 Å². The van der Waals surface area contributed by atoms with E-state index in [1.54, 1.807) is 7.05 Å². The van der Waals surface area contributed by atoms with Gasteiger partial charge < -0.3 is 15.2 Å². The topological polar surface area (TPSA) is 88.9 Å². The van der Waals surface area contributed by atoms with Crippen LogP contribution in [0.3, 0.4) is 0 Å². The van der Waals surface area contributed by atoms with Gasteiger partial charge >= 0.3 is 6.18 Å². The summed E-state index contributed by atoms with van der Waals surface area (Å²) in [6.45, 7) is 0.394. The Kier molecular flexibility index (Phi) is 4.92. The number of carbonyl (C=O) groups is 1. The van der Waals surface area contributed by atoms with Gasteiger partial charge in [-0.25, -0.2) is 9.97 Å². The Hall–Kier alpha value is -3.43. The Bertz CT molecular complexity index is 1170. The molecule has 1 atom stereocenters. The molecular formula is C20H18F3N5O2. The third-order valence-electron chi connectivity index (χ3n) is 5.07. The minimum absolute atomic E-state index is 0.0187. The molecule has 0 aliphatic carbocycles. The summed E-state index contributed by atoms with van der Waals surface area (Å²) in [5.74, 6) is 0.297. The van der Waals surface area contributed by atoms with Crippen LogP contribution in [0.25, 0.3) is 22.0 Å². The molecule has 156 valence electrons. The van der Waals surface area contributed by atoms with E-state index >= 15 is 0 Å². The number of halogens is 3. The standard InChI is InChI=1S/C20H18F3N5O2/c1-28-10-26-17-14(11-2-4-12(5-3-11)20(21,22)23)9-25-18(16(17)19(28)30)24-8-13-6-7-15(29)27-13/h2-5,9-10,13H,6-8H2,1H3,(H,24,25)(H,27,29). The molecule has 0 saturated carbocycles. The minimum Gasteiger partial charge on any atom is -0.367 e. The van der Waals surface area contributed by atoms with Crippen LogP contribution >= 0.6 is 0 Å². The smallest absolute Gasteiger partial charge is 0.367 e. The van der Waals surface area contributed by atoms with Gasteiger partial charge in [-0.15, -0.1) is 0 Å². The first-order chi connectivity index (χ1) is 14.2. The third kappa shape index (κ3) is 3.72. The summed E-state index contributed by atoms with van der Waals surface area (Å²) in [4.78, 5) is 32.8. The van der Waals surface area contributed by atoms with Crippen LogP contribution in [0.4, 0.5) is 19.0 Å². The number of pyridine rings is 1. The maximum absolute atomic E-state index is 12.9. The Morgan fingerprint density at radius 1 is 1.20 bits per heavy atom. The van der Waals surface area contributed by atoms with E-state index in [4.69, 9.17) is 0 Å². The molecule has 1 aromatic carbocycles. The number of hydrogen-bond acceptors (Lipinski definition) is 5. The summed E-state index contributed by atoms with van der Waals surface area (Å²) in [5, 5.41) is 6.17. The molecule has 2 aromatic heterocycles. The molecule has 1 amide bonds. The number of benzene rings is 1. The number of hydrogen-bond donors (Lipinski definition) is 2. The lowest BCUT2D eigenvalue weighted by Gasteiger charge is -2.15. The molecule has 2 N–H and O–H groups in total. The fraction of sp³-hybridized carbons (Fsp3) is 0.300. The molecule has 1 aliphatic rings. The summed E-state index contributed by atoms with van der Waals surface area (Å²) >= 11 is 0. The number of alkyl halides is 3. The van der Waals surface area contributed by atoms with Crippen LogP contribution in [-0.4, -0.2) is 33.0 Å². The molecule has 10 heteroatoms. The number of fused-ring (bicyclic) bond motifs is 1. The van der Waals surface area contributed by atoms with Gasteiger partial charge in [-0.1, -0.05) is 12.1 Å². The van der Waals surface area contributed by atoms with Crippen molar-refractivity contribution in [3.63, 3.8) is 0 Å². The first-order valence-corrected chi connectivity index (χ1v) is 9.29. The van der Waals surface area contributed by atoms with Crippen LogP contribution in [0.15, 0.2) is 41.6 Å². The Balaban J connectivity index is 1.75. The second-order valence-corrected chi connectivity index (χ2v) is 7.16. The Morgan fingerprint density at radius 3 is 2.57 bits per heavy atom. The SMILES string of the molecule is Cn1cnc2c(-c3ccc(C(F)(F)F)cc3)cnc(NCC3CCC(=O)N3)c2c1=O. The monoisotopic (exact) mass is 417 g/mol. The third-order valence-corrected chi connectivity index (χ3v) is 5.07. The van der Waals surface area contributed by atoms with Gasteiger partial charge in [0.15, 0.2) is 0 Å². The summed E-state index contributed by atoms with van der Waals surface area (Å²) in [7, 11) is 1.56. The van der Waals surface area contributed by atoms with Crippen LogP contribution in [0.2, 0.25) is 0 Å². The molecule has 3 aromatic rings. The van der Waals surface area contributed by atoms with Crippen molar-refractivity contribution in [2.75, 3.05) is 11.9 Å². The van der Waals surface area contributed by atoms with Crippen LogP contribution < -0.4 is 16.2 Å². The fourth-order valence-electron chi connectivity index (χ4n) is 3.45. The van der Waals surface area contributed by atoms with Gasteiger partial charge in [-0.2, -0.15) is 13.2 Å². The highest BCUT2D eigenvalue weighted by molar-refractivity contribution is 5.98. The van der Waals surface area contributed by atoms with E-state index in [-0.39, 0.29) is 22.9 Å². The number of amides is 1. The molecule has 4 rings (SSSR count). The van der Waals surface area contributed by atoms with E-state index in [0.29, 0.717) is 41.8 Å². The number of aromatic nitrogens is 3.